The lowest BCUT2D eigenvalue weighted by atomic mass is 10.1. The summed E-state index contributed by atoms with van der Waals surface area (Å²) in [4.78, 5) is 32.4. The predicted molar refractivity (Wildman–Crippen MR) is 102 cm³/mol. The van der Waals surface area contributed by atoms with Crippen LogP contribution in [0.1, 0.15) is 11.3 Å². The van der Waals surface area contributed by atoms with Crippen molar-refractivity contribution in [1.82, 2.24) is 14.8 Å². The van der Waals surface area contributed by atoms with E-state index in [0.717, 1.165) is 11.3 Å². The molecule has 0 bridgehead atoms. The first-order valence-corrected chi connectivity index (χ1v) is 8.90. The summed E-state index contributed by atoms with van der Waals surface area (Å²) in [5, 5.41) is 0.659. The normalized spacial score (nSPS) is 14.7. The summed E-state index contributed by atoms with van der Waals surface area (Å²) in [6, 6.07) is 12.9. The average Bonchev–Trinajstić information content (AvgIpc) is 2.69. The highest BCUT2D eigenvalue weighted by Gasteiger charge is 2.23. The van der Waals surface area contributed by atoms with Crippen molar-refractivity contribution in [3.8, 4) is 0 Å². The number of carbonyl (C=O) groups excluding carboxylic acids is 2. The molecule has 1 aliphatic heterocycles. The van der Waals surface area contributed by atoms with Crippen molar-refractivity contribution in [3.05, 3.63) is 71.0 Å². The number of nitrogens with zero attached hydrogens (tertiary/aromatic N) is 3. The Balaban J connectivity index is 1.49. The summed E-state index contributed by atoms with van der Waals surface area (Å²) in [7, 11) is 0. The molecular weight excluding hydrogens is 350 g/mol. The van der Waals surface area contributed by atoms with Crippen molar-refractivity contribution < 1.29 is 9.59 Å². The Morgan fingerprint density at radius 2 is 1.69 bits per heavy atom. The van der Waals surface area contributed by atoms with Crippen molar-refractivity contribution >= 4 is 29.5 Å². The van der Waals surface area contributed by atoms with E-state index in [2.05, 4.69) is 4.98 Å². The molecule has 0 radical (unpaired) electrons. The molecule has 5 nitrogen and oxygen atoms in total. The fourth-order valence-corrected chi connectivity index (χ4v) is 2.93. The van der Waals surface area contributed by atoms with Gasteiger partial charge in [-0.15, -0.1) is 0 Å². The number of aromatic nitrogens is 1. The van der Waals surface area contributed by atoms with Gasteiger partial charge in [-0.2, -0.15) is 0 Å². The van der Waals surface area contributed by atoms with Gasteiger partial charge in [-0.25, -0.2) is 0 Å². The monoisotopic (exact) mass is 369 g/mol. The molecule has 1 fully saturated rings. The summed E-state index contributed by atoms with van der Waals surface area (Å²) in [5.41, 5.74) is 1.69. The minimum atomic E-state index is -0.0551. The van der Waals surface area contributed by atoms with E-state index in [1.807, 2.05) is 30.3 Å². The number of benzene rings is 1. The smallest absolute Gasteiger partial charge is 0.246 e. The van der Waals surface area contributed by atoms with Gasteiger partial charge in [-0.1, -0.05) is 29.8 Å². The Morgan fingerprint density at radius 3 is 2.35 bits per heavy atom. The number of halogens is 1. The van der Waals surface area contributed by atoms with Gasteiger partial charge in [0.2, 0.25) is 11.8 Å². The molecule has 0 saturated carbocycles. The summed E-state index contributed by atoms with van der Waals surface area (Å²) < 4.78 is 0. The van der Waals surface area contributed by atoms with E-state index in [9.17, 15) is 9.59 Å². The van der Waals surface area contributed by atoms with E-state index < -0.39 is 0 Å². The first kappa shape index (κ1) is 18.1. The lowest BCUT2D eigenvalue weighted by Gasteiger charge is -2.34. The molecule has 0 atom stereocenters. The third-order valence-electron chi connectivity index (χ3n) is 4.30. The van der Waals surface area contributed by atoms with Crippen molar-refractivity contribution in [2.24, 2.45) is 0 Å². The minimum absolute atomic E-state index is 0.0551. The van der Waals surface area contributed by atoms with Gasteiger partial charge in [0.1, 0.15) is 0 Å². The zero-order chi connectivity index (χ0) is 18.4. The molecule has 2 amide bonds. The molecule has 1 saturated heterocycles. The molecule has 3 rings (SSSR count). The molecule has 6 heteroatoms. The molecule has 0 N–H and O–H groups in total. The van der Waals surface area contributed by atoms with Crippen molar-refractivity contribution in [2.45, 2.75) is 6.42 Å². The predicted octanol–water partition coefficient (Wildman–Crippen LogP) is 2.66. The van der Waals surface area contributed by atoms with E-state index in [1.165, 1.54) is 6.08 Å². The maximum Gasteiger partial charge on any atom is 0.246 e. The first-order chi connectivity index (χ1) is 12.6. The first-order valence-electron chi connectivity index (χ1n) is 8.52. The fraction of sp³-hybridized carbons (Fsp3) is 0.250. The second-order valence-corrected chi connectivity index (χ2v) is 6.53. The Morgan fingerprint density at radius 1 is 1.00 bits per heavy atom. The average molecular weight is 370 g/mol. The molecular formula is C20H20ClN3O2. The Kier molecular flexibility index (Phi) is 6.02. The van der Waals surface area contributed by atoms with Gasteiger partial charge in [0.25, 0.3) is 0 Å². The lowest BCUT2D eigenvalue weighted by Crippen LogP contribution is -2.50. The van der Waals surface area contributed by atoms with Gasteiger partial charge < -0.3 is 9.80 Å². The highest BCUT2D eigenvalue weighted by molar-refractivity contribution is 6.30. The molecule has 1 aliphatic rings. The summed E-state index contributed by atoms with van der Waals surface area (Å²) in [6.07, 6.45) is 5.29. The number of hydrogen-bond acceptors (Lipinski definition) is 3. The maximum atomic E-state index is 12.4. The minimum Gasteiger partial charge on any atom is -0.339 e. The standard InChI is InChI=1S/C20H20ClN3O2/c21-17-6-4-16(5-7-17)15-20(26)24-13-11-23(12-14-24)19(25)9-8-18-3-1-2-10-22-18/h1-10H,11-15H2. The summed E-state index contributed by atoms with van der Waals surface area (Å²) in [6.45, 7) is 2.18. The molecule has 1 aromatic heterocycles. The van der Waals surface area contributed by atoms with Crippen molar-refractivity contribution in [3.63, 3.8) is 0 Å². The SMILES string of the molecule is O=C(C=Cc1ccccn1)N1CCN(C(=O)Cc2ccc(Cl)cc2)CC1. The van der Waals surface area contributed by atoms with Crippen LogP contribution in [0.25, 0.3) is 6.08 Å². The second-order valence-electron chi connectivity index (χ2n) is 6.10. The largest absolute Gasteiger partial charge is 0.339 e. The van der Waals surface area contributed by atoms with Gasteiger partial charge >= 0.3 is 0 Å². The Bertz CT molecular complexity index is 782. The van der Waals surface area contributed by atoms with Crippen LogP contribution in [0.3, 0.4) is 0 Å². The van der Waals surface area contributed by atoms with Crippen LogP contribution >= 0.6 is 11.6 Å². The van der Waals surface area contributed by atoms with E-state index in [1.54, 1.807) is 34.2 Å². The van der Waals surface area contributed by atoms with Crippen LogP contribution in [0.5, 0.6) is 0 Å². The van der Waals surface area contributed by atoms with Crippen LogP contribution in [0.4, 0.5) is 0 Å². The van der Waals surface area contributed by atoms with Gasteiger partial charge in [0.15, 0.2) is 0 Å². The second kappa shape index (κ2) is 8.63. The Labute approximate surface area is 157 Å². The van der Waals surface area contributed by atoms with Crippen LogP contribution in [0.2, 0.25) is 5.02 Å². The van der Waals surface area contributed by atoms with Crippen molar-refractivity contribution in [1.29, 1.82) is 0 Å². The number of hydrogen-bond donors (Lipinski definition) is 0. The summed E-state index contributed by atoms with van der Waals surface area (Å²) in [5.74, 6) is 0.0175. The number of pyridine rings is 1. The molecule has 0 spiro atoms. The quantitative estimate of drug-likeness (QED) is 0.778. The van der Waals surface area contributed by atoms with E-state index in [0.29, 0.717) is 37.6 Å². The van der Waals surface area contributed by atoms with Crippen LogP contribution in [0, 0.1) is 0 Å². The highest BCUT2D eigenvalue weighted by atomic mass is 35.5. The number of amides is 2. The van der Waals surface area contributed by atoms with Crippen molar-refractivity contribution in [2.75, 3.05) is 26.2 Å². The molecule has 1 aromatic carbocycles. The maximum absolute atomic E-state index is 12.4. The van der Waals surface area contributed by atoms with Crippen LogP contribution < -0.4 is 0 Å². The third kappa shape index (κ3) is 4.92. The van der Waals surface area contributed by atoms with Gasteiger partial charge in [0.05, 0.1) is 12.1 Å². The van der Waals surface area contributed by atoms with E-state index >= 15 is 0 Å². The summed E-state index contributed by atoms with van der Waals surface area (Å²) >= 11 is 5.87. The van der Waals surface area contributed by atoms with Gasteiger partial charge in [-0.05, 0) is 35.9 Å². The molecule has 2 heterocycles. The molecule has 2 aromatic rings. The lowest BCUT2D eigenvalue weighted by molar-refractivity contribution is -0.136. The number of carbonyl (C=O) groups is 2. The van der Waals surface area contributed by atoms with E-state index in [4.69, 9.17) is 11.6 Å². The van der Waals surface area contributed by atoms with E-state index in [-0.39, 0.29) is 11.8 Å². The zero-order valence-corrected chi connectivity index (χ0v) is 15.1. The molecule has 0 aliphatic carbocycles. The molecule has 0 unspecified atom stereocenters. The third-order valence-corrected chi connectivity index (χ3v) is 4.55. The van der Waals surface area contributed by atoms with Crippen LogP contribution in [-0.2, 0) is 16.0 Å². The van der Waals surface area contributed by atoms with Crippen LogP contribution in [0.15, 0.2) is 54.7 Å². The highest BCUT2D eigenvalue weighted by Crippen LogP contribution is 2.12. The Hall–Kier alpha value is -2.66. The van der Waals surface area contributed by atoms with Gasteiger partial charge in [-0.3, -0.25) is 14.6 Å². The number of rotatable bonds is 4. The molecule has 134 valence electrons. The molecule has 26 heavy (non-hydrogen) atoms. The zero-order valence-electron chi connectivity index (χ0n) is 14.3. The van der Waals surface area contributed by atoms with Crippen LogP contribution in [-0.4, -0.2) is 52.8 Å². The fourth-order valence-electron chi connectivity index (χ4n) is 2.80. The topological polar surface area (TPSA) is 53.5 Å². The van der Waals surface area contributed by atoms with Gasteiger partial charge in [0, 0.05) is 43.5 Å². The number of piperazine rings is 1.